The highest BCUT2D eigenvalue weighted by atomic mass is 32.2. The van der Waals surface area contributed by atoms with Gasteiger partial charge in [0.1, 0.15) is 0 Å². The molecule has 0 fully saturated rings. The Bertz CT molecular complexity index is 902. The van der Waals surface area contributed by atoms with E-state index >= 15 is 0 Å². The maximum atomic E-state index is 12.2. The van der Waals surface area contributed by atoms with Gasteiger partial charge in [-0.15, -0.1) is 21.5 Å². The van der Waals surface area contributed by atoms with E-state index in [1.54, 1.807) is 6.07 Å². The van der Waals surface area contributed by atoms with Gasteiger partial charge in [-0.1, -0.05) is 47.4 Å². The van der Waals surface area contributed by atoms with Crippen molar-refractivity contribution in [2.45, 2.75) is 18.2 Å². The van der Waals surface area contributed by atoms with Gasteiger partial charge in [-0.25, -0.2) is 0 Å². The maximum Gasteiger partial charge on any atom is 0.267 e. The van der Waals surface area contributed by atoms with Crippen LogP contribution in [-0.2, 0) is 4.79 Å². The number of carbonyl (C=O) groups excluding carboxylic acids is 2. The number of para-hydroxylation sites is 1. The summed E-state index contributed by atoms with van der Waals surface area (Å²) in [6, 6.07) is 9.44. The quantitative estimate of drug-likeness (QED) is 0.475. The molecular weight excluding hydrogens is 388 g/mol. The second kappa shape index (κ2) is 8.43. The molecule has 6 nitrogen and oxygen atoms in total. The van der Waals surface area contributed by atoms with Crippen molar-refractivity contribution in [3.05, 3.63) is 51.7 Å². The molecule has 0 aliphatic carbocycles. The highest BCUT2D eigenvalue weighted by Gasteiger charge is 2.13. The van der Waals surface area contributed by atoms with Crippen LogP contribution in [0.3, 0.4) is 0 Å². The second-order valence-electron chi connectivity index (χ2n) is 5.41. The Kier molecular flexibility index (Phi) is 6.02. The van der Waals surface area contributed by atoms with Gasteiger partial charge in [0.05, 0.1) is 10.6 Å². The van der Waals surface area contributed by atoms with E-state index in [2.05, 4.69) is 20.8 Å². The number of nitrogens with zero attached hydrogens (tertiary/aromatic N) is 2. The number of hydrogen-bond donors (Lipinski definition) is 2. The summed E-state index contributed by atoms with van der Waals surface area (Å²) >= 11 is 3.90. The number of thioether (sulfide) groups is 1. The fraction of sp³-hybridized carbons (Fsp3) is 0.176. The topological polar surface area (TPSA) is 84.0 Å². The molecule has 9 heteroatoms. The van der Waals surface area contributed by atoms with Gasteiger partial charge in [-0.05, 0) is 36.4 Å². The van der Waals surface area contributed by atoms with Crippen LogP contribution in [0.15, 0.2) is 40.1 Å². The smallest absolute Gasteiger partial charge is 0.267 e. The highest BCUT2D eigenvalue weighted by Crippen LogP contribution is 2.27. The largest absolute Gasteiger partial charge is 0.325 e. The van der Waals surface area contributed by atoms with E-state index in [1.807, 2.05) is 43.5 Å². The Labute approximate surface area is 163 Å². The van der Waals surface area contributed by atoms with Crippen molar-refractivity contribution in [2.24, 2.45) is 0 Å². The third-order valence-electron chi connectivity index (χ3n) is 3.44. The van der Waals surface area contributed by atoms with Gasteiger partial charge >= 0.3 is 0 Å². The zero-order valence-corrected chi connectivity index (χ0v) is 16.6. The van der Waals surface area contributed by atoms with Crippen LogP contribution in [0.4, 0.5) is 10.8 Å². The number of aryl methyl sites for hydroxylation is 2. The van der Waals surface area contributed by atoms with Crippen molar-refractivity contribution < 1.29 is 9.59 Å². The van der Waals surface area contributed by atoms with E-state index in [9.17, 15) is 9.59 Å². The molecule has 0 saturated carbocycles. The number of nitrogens with one attached hydrogen (secondary N) is 2. The van der Waals surface area contributed by atoms with E-state index in [1.165, 1.54) is 34.4 Å². The number of carbonyl (C=O) groups is 2. The summed E-state index contributed by atoms with van der Waals surface area (Å²) < 4.78 is 0.628. The van der Waals surface area contributed by atoms with Gasteiger partial charge in [0, 0.05) is 5.69 Å². The zero-order chi connectivity index (χ0) is 18.5. The maximum absolute atomic E-state index is 12.2. The van der Waals surface area contributed by atoms with Crippen molar-refractivity contribution in [1.29, 1.82) is 0 Å². The molecule has 2 heterocycles. The minimum absolute atomic E-state index is 0.105. The third kappa shape index (κ3) is 4.69. The average Bonchev–Trinajstić information content (AvgIpc) is 3.28. The number of rotatable bonds is 6. The predicted molar refractivity (Wildman–Crippen MR) is 107 cm³/mol. The van der Waals surface area contributed by atoms with Gasteiger partial charge in [0.2, 0.25) is 11.0 Å². The van der Waals surface area contributed by atoms with Crippen molar-refractivity contribution in [2.75, 3.05) is 16.4 Å². The van der Waals surface area contributed by atoms with Gasteiger partial charge in [-0.2, -0.15) is 0 Å². The summed E-state index contributed by atoms with van der Waals surface area (Å²) in [6.07, 6.45) is 0. The van der Waals surface area contributed by atoms with E-state index in [4.69, 9.17) is 0 Å². The highest BCUT2D eigenvalue weighted by molar-refractivity contribution is 8.01. The summed E-state index contributed by atoms with van der Waals surface area (Å²) in [4.78, 5) is 24.8. The Balaban J connectivity index is 1.53. The number of aromatic nitrogens is 2. The minimum Gasteiger partial charge on any atom is -0.325 e. The standard InChI is InChI=1S/C17H16N4O2S3/c1-10-5-3-6-11(2)14(10)18-13(22)9-25-17-21-20-16(26-17)19-15(23)12-7-4-8-24-12/h3-8H,9H2,1-2H3,(H,18,22)(H,19,20,23). The van der Waals surface area contributed by atoms with Gasteiger partial charge in [-0.3, -0.25) is 14.9 Å². The molecule has 2 amide bonds. The van der Waals surface area contributed by atoms with Crippen LogP contribution in [0.5, 0.6) is 0 Å². The van der Waals surface area contributed by atoms with E-state index in [0.29, 0.717) is 14.3 Å². The first-order valence-corrected chi connectivity index (χ1v) is 10.4. The monoisotopic (exact) mass is 404 g/mol. The molecule has 0 bridgehead atoms. The lowest BCUT2D eigenvalue weighted by Gasteiger charge is -2.10. The van der Waals surface area contributed by atoms with Crippen molar-refractivity contribution in [1.82, 2.24) is 10.2 Å². The normalized spacial score (nSPS) is 10.5. The lowest BCUT2D eigenvalue weighted by molar-refractivity contribution is -0.113. The molecule has 0 spiro atoms. The fourth-order valence-electron chi connectivity index (χ4n) is 2.20. The van der Waals surface area contributed by atoms with Gasteiger partial charge in [0.15, 0.2) is 4.34 Å². The molecule has 0 atom stereocenters. The lowest BCUT2D eigenvalue weighted by Crippen LogP contribution is -2.15. The number of benzene rings is 1. The van der Waals surface area contributed by atoms with E-state index in [-0.39, 0.29) is 17.6 Å². The summed E-state index contributed by atoms with van der Waals surface area (Å²) in [7, 11) is 0. The first-order valence-electron chi connectivity index (χ1n) is 7.70. The van der Waals surface area contributed by atoms with Crippen molar-refractivity contribution >= 4 is 57.1 Å². The molecule has 0 radical (unpaired) electrons. The first kappa shape index (κ1) is 18.6. The van der Waals surface area contributed by atoms with Crippen LogP contribution in [0.25, 0.3) is 0 Å². The molecule has 0 saturated heterocycles. The SMILES string of the molecule is Cc1cccc(C)c1NC(=O)CSc1nnc(NC(=O)c2cccs2)s1. The van der Waals surface area contributed by atoms with Crippen LogP contribution in [0, 0.1) is 13.8 Å². The summed E-state index contributed by atoms with van der Waals surface area (Å²) in [5.74, 6) is -0.0892. The van der Waals surface area contributed by atoms with Crippen LogP contribution >= 0.6 is 34.4 Å². The number of thiophene rings is 1. The first-order chi connectivity index (χ1) is 12.5. The summed E-state index contributed by atoms with van der Waals surface area (Å²) in [6.45, 7) is 3.92. The number of amides is 2. The molecule has 0 aliphatic rings. The van der Waals surface area contributed by atoms with Crippen LogP contribution < -0.4 is 10.6 Å². The molecular formula is C17H16N4O2S3. The predicted octanol–water partition coefficient (Wildman–Crippen LogP) is 4.20. The average molecular weight is 405 g/mol. The Hall–Kier alpha value is -2.23. The Morgan fingerprint density at radius 3 is 2.54 bits per heavy atom. The Morgan fingerprint density at radius 2 is 1.85 bits per heavy atom. The molecule has 3 aromatic rings. The zero-order valence-electron chi connectivity index (χ0n) is 14.1. The van der Waals surface area contributed by atoms with Gasteiger partial charge < -0.3 is 5.32 Å². The van der Waals surface area contributed by atoms with Crippen molar-refractivity contribution in [3.63, 3.8) is 0 Å². The molecule has 0 aliphatic heterocycles. The molecule has 134 valence electrons. The molecule has 3 rings (SSSR count). The van der Waals surface area contributed by atoms with Crippen LogP contribution in [-0.4, -0.2) is 27.8 Å². The van der Waals surface area contributed by atoms with Crippen LogP contribution in [0.2, 0.25) is 0 Å². The molecule has 2 aromatic heterocycles. The second-order valence-corrected chi connectivity index (χ2v) is 8.56. The molecule has 1 aromatic carbocycles. The summed E-state index contributed by atoms with van der Waals surface area (Å²) in [5, 5.41) is 15.8. The fourth-order valence-corrected chi connectivity index (χ4v) is 4.37. The molecule has 26 heavy (non-hydrogen) atoms. The van der Waals surface area contributed by atoms with Crippen molar-refractivity contribution in [3.8, 4) is 0 Å². The Morgan fingerprint density at radius 1 is 1.08 bits per heavy atom. The van der Waals surface area contributed by atoms with Crippen LogP contribution in [0.1, 0.15) is 20.8 Å². The summed E-state index contributed by atoms with van der Waals surface area (Å²) in [5.41, 5.74) is 2.90. The van der Waals surface area contributed by atoms with E-state index < -0.39 is 0 Å². The lowest BCUT2D eigenvalue weighted by atomic mass is 10.1. The van der Waals surface area contributed by atoms with Gasteiger partial charge in [0.25, 0.3) is 5.91 Å². The minimum atomic E-state index is -0.208. The van der Waals surface area contributed by atoms with E-state index in [0.717, 1.165) is 16.8 Å². The molecule has 0 unspecified atom stereocenters. The number of anilines is 2. The molecule has 2 N–H and O–H groups in total. The third-order valence-corrected chi connectivity index (χ3v) is 6.28. The number of hydrogen-bond acceptors (Lipinski definition) is 7.